The molecule has 0 bridgehead atoms. The van der Waals surface area contributed by atoms with Crippen LogP contribution in [0.2, 0.25) is 0 Å². The number of benzene rings is 3. The van der Waals surface area contributed by atoms with Gasteiger partial charge in [0.05, 0.1) is 0 Å². The summed E-state index contributed by atoms with van der Waals surface area (Å²) in [6.07, 6.45) is 0.835. The second-order valence-electron chi connectivity index (χ2n) is 5.65. The summed E-state index contributed by atoms with van der Waals surface area (Å²) in [5.41, 5.74) is 10.6. The average molecular weight is 287 g/mol. The third kappa shape index (κ3) is 2.28. The summed E-state index contributed by atoms with van der Waals surface area (Å²) < 4.78 is 5.86. The van der Waals surface area contributed by atoms with Crippen molar-refractivity contribution in [2.45, 2.75) is 12.5 Å². The SMILES string of the molecule is NC(Cc1ccccc1)c1ccc2oc3ccccc3c2c1. The first-order valence-corrected chi connectivity index (χ1v) is 7.52. The van der Waals surface area contributed by atoms with Crippen molar-refractivity contribution in [3.8, 4) is 0 Å². The van der Waals surface area contributed by atoms with Crippen molar-refractivity contribution >= 4 is 21.9 Å². The lowest BCUT2D eigenvalue weighted by Gasteiger charge is -2.12. The van der Waals surface area contributed by atoms with Crippen molar-refractivity contribution in [2.75, 3.05) is 0 Å². The summed E-state index contributed by atoms with van der Waals surface area (Å²) in [6.45, 7) is 0. The highest BCUT2D eigenvalue weighted by Crippen LogP contribution is 2.30. The molecule has 108 valence electrons. The number of hydrogen-bond donors (Lipinski definition) is 1. The van der Waals surface area contributed by atoms with E-state index in [1.807, 2.05) is 30.3 Å². The van der Waals surface area contributed by atoms with E-state index < -0.39 is 0 Å². The topological polar surface area (TPSA) is 39.2 Å². The Morgan fingerprint density at radius 1 is 0.773 bits per heavy atom. The van der Waals surface area contributed by atoms with Crippen LogP contribution in [0.4, 0.5) is 0 Å². The van der Waals surface area contributed by atoms with Crippen LogP contribution in [-0.2, 0) is 6.42 Å². The standard InChI is InChI=1S/C20H17NO/c21-18(12-14-6-2-1-3-7-14)15-10-11-20-17(13-15)16-8-4-5-9-19(16)22-20/h1-11,13,18H,12,21H2. The van der Waals surface area contributed by atoms with Gasteiger partial charge in [0.25, 0.3) is 0 Å². The molecular formula is C20H17NO. The van der Waals surface area contributed by atoms with Crippen LogP contribution in [0.1, 0.15) is 17.2 Å². The molecule has 0 saturated heterocycles. The Bertz CT molecular complexity index is 924. The normalized spacial score (nSPS) is 12.8. The molecule has 0 spiro atoms. The second kappa shape index (κ2) is 5.32. The third-order valence-corrected chi connectivity index (χ3v) is 4.13. The van der Waals surface area contributed by atoms with Crippen molar-refractivity contribution in [1.29, 1.82) is 0 Å². The molecule has 2 heteroatoms. The first-order valence-electron chi connectivity index (χ1n) is 7.52. The Kier molecular flexibility index (Phi) is 3.17. The highest BCUT2D eigenvalue weighted by Gasteiger charge is 2.11. The summed E-state index contributed by atoms with van der Waals surface area (Å²) in [4.78, 5) is 0. The molecule has 0 aliphatic heterocycles. The molecule has 0 radical (unpaired) electrons. The van der Waals surface area contributed by atoms with E-state index in [-0.39, 0.29) is 6.04 Å². The summed E-state index contributed by atoms with van der Waals surface area (Å²) >= 11 is 0. The summed E-state index contributed by atoms with van der Waals surface area (Å²) in [6, 6.07) is 24.7. The van der Waals surface area contributed by atoms with E-state index in [1.54, 1.807) is 0 Å². The van der Waals surface area contributed by atoms with E-state index >= 15 is 0 Å². The molecule has 0 fully saturated rings. The monoisotopic (exact) mass is 287 g/mol. The zero-order chi connectivity index (χ0) is 14.9. The van der Waals surface area contributed by atoms with Gasteiger partial charge >= 0.3 is 0 Å². The van der Waals surface area contributed by atoms with Crippen LogP contribution < -0.4 is 5.73 Å². The molecule has 0 aliphatic carbocycles. The molecule has 1 heterocycles. The first-order chi connectivity index (χ1) is 10.8. The zero-order valence-electron chi connectivity index (χ0n) is 12.2. The van der Waals surface area contributed by atoms with E-state index in [0.29, 0.717) is 0 Å². The van der Waals surface area contributed by atoms with E-state index in [1.165, 1.54) is 5.56 Å². The fourth-order valence-electron chi connectivity index (χ4n) is 2.96. The second-order valence-corrected chi connectivity index (χ2v) is 5.65. The van der Waals surface area contributed by atoms with Crippen LogP contribution in [0, 0.1) is 0 Å². The van der Waals surface area contributed by atoms with Gasteiger partial charge in [0.15, 0.2) is 0 Å². The van der Waals surface area contributed by atoms with Crippen molar-refractivity contribution in [3.05, 3.63) is 83.9 Å². The molecule has 2 nitrogen and oxygen atoms in total. The molecule has 4 rings (SSSR count). The van der Waals surface area contributed by atoms with Gasteiger partial charge in [0.2, 0.25) is 0 Å². The fraction of sp³-hybridized carbons (Fsp3) is 0.100. The summed E-state index contributed by atoms with van der Waals surface area (Å²) in [5, 5.41) is 2.28. The Labute approximate surface area is 129 Å². The number of para-hydroxylation sites is 1. The minimum absolute atomic E-state index is 0.0135. The van der Waals surface area contributed by atoms with Crippen molar-refractivity contribution < 1.29 is 4.42 Å². The van der Waals surface area contributed by atoms with E-state index in [2.05, 4.69) is 42.5 Å². The molecule has 0 saturated carbocycles. The molecule has 0 amide bonds. The van der Waals surface area contributed by atoms with Crippen LogP contribution in [0.3, 0.4) is 0 Å². The molecule has 1 aromatic heterocycles. The van der Waals surface area contributed by atoms with Gasteiger partial charge in [-0.15, -0.1) is 0 Å². The minimum Gasteiger partial charge on any atom is -0.456 e. The predicted molar refractivity (Wildman–Crippen MR) is 90.8 cm³/mol. The zero-order valence-corrected chi connectivity index (χ0v) is 12.2. The largest absolute Gasteiger partial charge is 0.456 e. The number of fused-ring (bicyclic) bond motifs is 3. The van der Waals surface area contributed by atoms with Crippen molar-refractivity contribution in [3.63, 3.8) is 0 Å². The highest BCUT2D eigenvalue weighted by atomic mass is 16.3. The van der Waals surface area contributed by atoms with Crippen LogP contribution >= 0.6 is 0 Å². The van der Waals surface area contributed by atoms with Crippen LogP contribution in [-0.4, -0.2) is 0 Å². The van der Waals surface area contributed by atoms with Gasteiger partial charge < -0.3 is 10.2 Å². The Hall–Kier alpha value is -2.58. The Morgan fingerprint density at radius 2 is 1.50 bits per heavy atom. The van der Waals surface area contributed by atoms with Gasteiger partial charge in [-0.3, -0.25) is 0 Å². The average Bonchev–Trinajstić information content (AvgIpc) is 2.93. The molecule has 3 aromatic carbocycles. The van der Waals surface area contributed by atoms with Crippen molar-refractivity contribution in [2.24, 2.45) is 5.73 Å². The lowest BCUT2D eigenvalue weighted by Crippen LogP contribution is -2.13. The van der Waals surface area contributed by atoms with Gasteiger partial charge in [-0.25, -0.2) is 0 Å². The van der Waals surface area contributed by atoms with E-state index in [9.17, 15) is 0 Å². The van der Waals surface area contributed by atoms with Crippen LogP contribution in [0.5, 0.6) is 0 Å². The third-order valence-electron chi connectivity index (χ3n) is 4.13. The number of nitrogens with two attached hydrogens (primary N) is 1. The lowest BCUT2D eigenvalue weighted by atomic mass is 9.98. The quantitative estimate of drug-likeness (QED) is 0.586. The van der Waals surface area contributed by atoms with Gasteiger partial charge in [-0.1, -0.05) is 54.6 Å². The van der Waals surface area contributed by atoms with Gasteiger partial charge in [-0.2, -0.15) is 0 Å². The number of rotatable bonds is 3. The molecular weight excluding hydrogens is 270 g/mol. The van der Waals surface area contributed by atoms with Crippen LogP contribution in [0.15, 0.2) is 77.2 Å². The van der Waals surface area contributed by atoms with E-state index in [0.717, 1.165) is 33.9 Å². The minimum atomic E-state index is -0.0135. The summed E-state index contributed by atoms with van der Waals surface area (Å²) in [7, 11) is 0. The number of furan rings is 1. The van der Waals surface area contributed by atoms with Gasteiger partial charge in [-0.05, 0) is 35.7 Å². The fourth-order valence-corrected chi connectivity index (χ4v) is 2.96. The maximum absolute atomic E-state index is 6.40. The van der Waals surface area contributed by atoms with Crippen molar-refractivity contribution in [1.82, 2.24) is 0 Å². The smallest absolute Gasteiger partial charge is 0.135 e. The highest BCUT2D eigenvalue weighted by molar-refractivity contribution is 6.05. The first kappa shape index (κ1) is 13.1. The molecule has 4 aromatic rings. The summed E-state index contributed by atoms with van der Waals surface area (Å²) in [5.74, 6) is 0. The maximum Gasteiger partial charge on any atom is 0.135 e. The van der Waals surface area contributed by atoms with E-state index in [4.69, 9.17) is 10.2 Å². The molecule has 0 aliphatic rings. The predicted octanol–water partition coefficient (Wildman–Crippen LogP) is 4.83. The maximum atomic E-state index is 6.40. The Morgan fingerprint density at radius 3 is 2.36 bits per heavy atom. The van der Waals surface area contributed by atoms with Gasteiger partial charge in [0.1, 0.15) is 11.2 Å². The van der Waals surface area contributed by atoms with Crippen LogP contribution in [0.25, 0.3) is 21.9 Å². The Balaban J connectivity index is 1.74. The molecule has 2 N–H and O–H groups in total. The van der Waals surface area contributed by atoms with Gasteiger partial charge in [0, 0.05) is 16.8 Å². The lowest BCUT2D eigenvalue weighted by molar-refractivity contribution is 0.667. The number of hydrogen-bond acceptors (Lipinski definition) is 2. The molecule has 1 atom stereocenters. The molecule has 1 unspecified atom stereocenters. The molecule has 22 heavy (non-hydrogen) atoms.